The number of carbonyl (C=O) groups excluding carboxylic acids is 2. The molecule has 31 heavy (non-hydrogen) atoms. The molecule has 7 nitrogen and oxygen atoms in total. The third kappa shape index (κ3) is 7.70. The largest absolute Gasteiger partial charge is 0.356 e. The average molecular weight is 556 g/mol. The van der Waals surface area contributed by atoms with Crippen molar-refractivity contribution < 1.29 is 9.59 Å². The van der Waals surface area contributed by atoms with Crippen molar-refractivity contribution >= 4 is 53.4 Å². The van der Waals surface area contributed by atoms with Crippen LogP contribution in [0.3, 0.4) is 0 Å². The fourth-order valence-corrected chi connectivity index (χ4v) is 3.27. The topological polar surface area (TPSA) is 85.8 Å². The summed E-state index contributed by atoms with van der Waals surface area (Å²) in [4.78, 5) is 29.8. The number of rotatable bonds is 6. The quantitative estimate of drug-likeness (QED) is 0.290. The molecular formula is C22H27ClIN5O2. The minimum Gasteiger partial charge on any atom is -0.356 e. The van der Waals surface area contributed by atoms with E-state index in [1.54, 1.807) is 24.1 Å². The molecule has 2 aromatic carbocycles. The molecule has 1 saturated heterocycles. The first-order chi connectivity index (χ1) is 14.5. The summed E-state index contributed by atoms with van der Waals surface area (Å²) in [5, 5.41) is 10.0. The number of halogens is 2. The van der Waals surface area contributed by atoms with E-state index in [0.29, 0.717) is 31.2 Å². The van der Waals surface area contributed by atoms with Crippen molar-refractivity contribution in [2.75, 3.05) is 33.2 Å². The van der Waals surface area contributed by atoms with Gasteiger partial charge in [0.15, 0.2) is 5.96 Å². The van der Waals surface area contributed by atoms with E-state index >= 15 is 0 Å². The summed E-state index contributed by atoms with van der Waals surface area (Å²) in [7, 11) is 1.73. The van der Waals surface area contributed by atoms with E-state index in [-0.39, 0.29) is 42.3 Å². The summed E-state index contributed by atoms with van der Waals surface area (Å²) in [5.41, 5.74) is 2.82. The predicted octanol–water partition coefficient (Wildman–Crippen LogP) is 2.44. The van der Waals surface area contributed by atoms with Crippen molar-refractivity contribution in [3.05, 3.63) is 70.2 Å². The number of hydrogen-bond acceptors (Lipinski definition) is 3. The highest BCUT2D eigenvalue weighted by molar-refractivity contribution is 14.0. The zero-order chi connectivity index (χ0) is 21.3. The molecule has 0 aromatic heterocycles. The van der Waals surface area contributed by atoms with Crippen LogP contribution in [0.5, 0.6) is 0 Å². The maximum Gasteiger partial charge on any atom is 0.254 e. The van der Waals surface area contributed by atoms with Gasteiger partial charge in [0.1, 0.15) is 0 Å². The van der Waals surface area contributed by atoms with Crippen molar-refractivity contribution in [3.63, 3.8) is 0 Å². The van der Waals surface area contributed by atoms with Gasteiger partial charge in [-0.05, 0) is 41.8 Å². The average Bonchev–Trinajstić information content (AvgIpc) is 2.77. The standard InChI is InChI=1S/C22H26ClN5O2.HI/c1-24-22(26-11-10-16-4-8-19(23)9-5-16)27-14-17-2-6-18(7-3-17)21(30)28-13-12-25-20(29)15-28;/h2-9H,10-15H2,1H3,(H,25,29)(H2,24,26,27);1H. The number of piperazine rings is 1. The first-order valence-electron chi connectivity index (χ1n) is 9.89. The molecule has 1 fully saturated rings. The second-order valence-electron chi connectivity index (χ2n) is 7.00. The first-order valence-corrected chi connectivity index (χ1v) is 10.3. The van der Waals surface area contributed by atoms with Gasteiger partial charge in [0, 0.05) is 43.8 Å². The van der Waals surface area contributed by atoms with Gasteiger partial charge in [-0.25, -0.2) is 0 Å². The van der Waals surface area contributed by atoms with Gasteiger partial charge in [-0.2, -0.15) is 0 Å². The summed E-state index contributed by atoms with van der Waals surface area (Å²) in [5.74, 6) is 0.470. The minimum atomic E-state index is -0.121. The highest BCUT2D eigenvalue weighted by Crippen LogP contribution is 2.10. The molecule has 3 rings (SSSR count). The second-order valence-corrected chi connectivity index (χ2v) is 7.44. The molecule has 3 N–H and O–H groups in total. The maximum absolute atomic E-state index is 12.5. The number of nitrogens with one attached hydrogen (secondary N) is 3. The molecule has 0 bridgehead atoms. The Balaban J connectivity index is 0.00000341. The van der Waals surface area contributed by atoms with Gasteiger partial charge in [0.25, 0.3) is 5.91 Å². The van der Waals surface area contributed by atoms with E-state index in [1.165, 1.54) is 5.56 Å². The minimum absolute atomic E-state index is 0. The molecule has 166 valence electrons. The SMILES string of the molecule is CN=C(NCCc1ccc(Cl)cc1)NCc1ccc(C(=O)N2CCNC(=O)C2)cc1.I. The lowest BCUT2D eigenvalue weighted by Crippen LogP contribution is -2.49. The Kier molecular flexibility index (Phi) is 10.1. The molecule has 0 unspecified atom stereocenters. The number of hydrogen-bond donors (Lipinski definition) is 3. The van der Waals surface area contributed by atoms with Gasteiger partial charge in [0.2, 0.25) is 5.91 Å². The van der Waals surface area contributed by atoms with E-state index in [4.69, 9.17) is 11.6 Å². The Bertz CT molecular complexity index is 903. The summed E-state index contributed by atoms with van der Waals surface area (Å²) >= 11 is 5.91. The molecule has 0 saturated carbocycles. The van der Waals surface area contributed by atoms with Crippen LogP contribution >= 0.6 is 35.6 Å². The van der Waals surface area contributed by atoms with Gasteiger partial charge in [-0.1, -0.05) is 35.9 Å². The number of aliphatic imine (C=N–C) groups is 1. The lowest BCUT2D eigenvalue weighted by molar-refractivity contribution is -0.123. The summed E-state index contributed by atoms with van der Waals surface area (Å²) in [6.07, 6.45) is 0.864. The van der Waals surface area contributed by atoms with Crippen LogP contribution < -0.4 is 16.0 Å². The highest BCUT2D eigenvalue weighted by Gasteiger charge is 2.22. The number of guanidine groups is 1. The molecule has 0 radical (unpaired) electrons. The zero-order valence-corrected chi connectivity index (χ0v) is 20.4. The second kappa shape index (κ2) is 12.5. The molecule has 1 heterocycles. The normalized spacial score (nSPS) is 13.8. The van der Waals surface area contributed by atoms with Crippen LogP contribution in [0, 0.1) is 0 Å². The first kappa shape index (κ1) is 24.9. The van der Waals surface area contributed by atoms with E-state index in [9.17, 15) is 9.59 Å². The van der Waals surface area contributed by atoms with Crippen molar-refractivity contribution in [1.82, 2.24) is 20.9 Å². The van der Waals surface area contributed by atoms with Crippen LogP contribution in [0.2, 0.25) is 5.02 Å². The van der Waals surface area contributed by atoms with Crippen LogP contribution in [0.1, 0.15) is 21.5 Å². The molecule has 0 spiro atoms. The third-order valence-corrected chi connectivity index (χ3v) is 5.08. The zero-order valence-electron chi connectivity index (χ0n) is 17.4. The Labute approximate surface area is 204 Å². The Morgan fingerprint density at radius 2 is 1.77 bits per heavy atom. The fraction of sp³-hybridized carbons (Fsp3) is 0.318. The van der Waals surface area contributed by atoms with E-state index in [0.717, 1.165) is 23.6 Å². The summed E-state index contributed by atoms with van der Waals surface area (Å²) in [6.45, 7) is 2.47. The lowest BCUT2D eigenvalue weighted by atomic mass is 10.1. The smallest absolute Gasteiger partial charge is 0.254 e. The van der Waals surface area contributed by atoms with Crippen LogP contribution in [0.25, 0.3) is 0 Å². The number of amides is 2. The molecule has 9 heteroatoms. The molecular weight excluding hydrogens is 529 g/mol. The Morgan fingerprint density at radius 1 is 1.10 bits per heavy atom. The van der Waals surface area contributed by atoms with Gasteiger partial charge < -0.3 is 20.9 Å². The van der Waals surface area contributed by atoms with Crippen molar-refractivity contribution in [1.29, 1.82) is 0 Å². The van der Waals surface area contributed by atoms with E-state index < -0.39 is 0 Å². The Morgan fingerprint density at radius 3 is 2.42 bits per heavy atom. The molecule has 1 aliphatic heterocycles. The van der Waals surface area contributed by atoms with Crippen LogP contribution in [0.4, 0.5) is 0 Å². The van der Waals surface area contributed by atoms with E-state index in [2.05, 4.69) is 20.9 Å². The molecule has 1 aliphatic rings. The van der Waals surface area contributed by atoms with Gasteiger partial charge >= 0.3 is 0 Å². The molecule has 2 amide bonds. The predicted molar refractivity (Wildman–Crippen MR) is 134 cm³/mol. The summed E-state index contributed by atoms with van der Waals surface area (Å²) in [6, 6.07) is 15.2. The van der Waals surface area contributed by atoms with Gasteiger partial charge in [0.05, 0.1) is 6.54 Å². The Hall–Kier alpha value is -2.33. The third-order valence-electron chi connectivity index (χ3n) is 4.83. The number of carbonyl (C=O) groups is 2. The maximum atomic E-state index is 12.5. The van der Waals surface area contributed by atoms with Crippen LogP contribution in [0.15, 0.2) is 53.5 Å². The molecule has 0 aliphatic carbocycles. The van der Waals surface area contributed by atoms with Gasteiger partial charge in [-0.15, -0.1) is 24.0 Å². The number of nitrogens with zero attached hydrogens (tertiary/aromatic N) is 2. The number of benzene rings is 2. The fourth-order valence-electron chi connectivity index (χ4n) is 3.14. The molecule has 2 aromatic rings. The van der Waals surface area contributed by atoms with Crippen molar-refractivity contribution in [2.24, 2.45) is 4.99 Å². The van der Waals surface area contributed by atoms with Crippen molar-refractivity contribution in [3.8, 4) is 0 Å². The van der Waals surface area contributed by atoms with Gasteiger partial charge in [-0.3, -0.25) is 14.6 Å². The highest BCUT2D eigenvalue weighted by atomic mass is 127. The van der Waals surface area contributed by atoms with Crippen molar-refractivity contribution in [2.45, 2.75) is 13.0 Å². The van der Waals surface area contributed by atoms with Crippen LogP contribution in [-0.4, -0.2) is 55.9 Å². The van der Waals surface area contributed by atoms with Crippen LogP contribution in [-0.2, 0) is 17.8 Å². The monoisotopic (exact) mass is 555 g/mol. The summed E-state index contributed by atoms with van der Waals surface area (Å²) < 4.78 is 0. The lowest BCUT2D eigenvalue weighted by Gasteiger charge is -2.26. The van der Waals surface area contributed by atoms with E-state index in [1.807, 2.05) is 36.4 Å². The molecule has 0 atom stereocenters.